The van der Waals surface area contributed by atoms with Crippen LogP contribution in [0.5, 0.6) is 0 Å². The average molecular weight is 314 g/mol. The molecule has 2 unspecified atom stereocenters. The van der Waals surface area contributed by atoms with Crippen LogP contribution in [0.3, 0.4) is 0 Å². The van der Waals surface area contributed by atoms with Gasteiger partial charge in [0.05, 0.1) is 0 Å². The fraction of sp³-hybridized carbons (Fsp3) is 0.650. The highest BCUT2D eigenvalue weighted by atomic mass is 16.1. The maximum Gasteiger partial charge on any atom is 0.220 e. The Labute approximate surface area is 140 Å². The summed E-state index contributed by atoms with van der Waals surface area (Å²) in [6.07, 6.45) is 6.65. The van der Waals surface area contributed by atoms with Crippen molar-refractivity contribution in [1.82, 2.24) is 10.6 Å². The highest BCUT2D eigenvalue weighted by molar-refractivity contribution is 5.76. The first-order chi connectivity index (χ1) is 11.0. The van der Waals surface area contributed by atoms with Gasteiger partial charge in [0.25, 0.3) is 0 Å². The molecule has 2 atom stereocenters. The molecule has 3 rings (SSSR count). The van der Waals surface area contributed by atoms with Crippen molar-refractivity contribution in [3.05, 3.63) is 35.9 Å². The SMILES string of the molecule is CC(C)(CNC(=O)CC1CC2CCC(C1)N2)Cc1ccccc1. The molecule has 1 aromatic rings. The monoisotopic (exact) mass is 314 g/mol. The number of fused-ring (bicyclic) bond motifs is 2. The molecule has 3 nitrogen and oxygen atoms in total. The maximum absolute atomic E-state index is 12.3. The van der Waals surface area contributed by atoms with E-state index in [1.54, 1.807) is 0 Å². The van der Waals surface area contributed by atoms with Crippen LogP contribution in [-0.4, -0.2) is 24.5 Å². The lowest BCUT2D eigenvalue weighted by atomic mass is 9.85. The minimum Gasteiger partial charge on any atom is -0.356 e. The summed E-state index contributed by atoms with van der Waals surface area (Å²) >= 11 is 0. The van der Waals surface area contributed by atoms with Crippen LogP contribution in [0.15, 0.2) is 30.3 Å². The predicted octanol–water partition coefficient (Wildman–Crippen LogP) is 3.29. The molecule has 0 aliphatic carbocycles. The zero-order valence-electron chi connectivity index (χ0n) is 14.5. The number of carbonyl (C=O) groups is 1. The number of rotatable bonds is 6. The van der Waals surface area contributed by atoms with Gasteiger partial charge in [-0.3, -0.25) is 4.79 Å². The fourth-order valence-corrected chi connectivity index (χ4v) is 4.22. The van der Waals surface area contributed by atoms with Gasteiger partial charge in [0.1, 0.15) is 0 Å². The van der Waals surface area contributed by atoms with Crippen molar-refractivity contribution in [2.24, 2.45) is 11.3 Å². The van der Waals surface area contributed by atoms with Gasteiger partial charge in [-0.25, -0.2) is 0 Å². The molecule has 23 heavy (non-hydrogen) atoms. The zero-order valence-corrected chi connectivity index (χ0v) is 14.5. The van der Waals surface area contributed by atoms with E-state index in [0.29, 0.717) is 24.4 Å². The largest absolute Gasteiger partial charge is 0.356 e. The van der Waals surface area contributed by atoms with Crippen LogP contribution >= 0.6 is 0 Å². The van der Waals surface area contributed by atoms with E-state index in [0.717, 1.165) is 13.0 Å². The summed E-state index contributed by atoms with van der Waals surface area (Å²) in [7, 11) is 0. The van der Waals surface area contributed by atoms with Gasteiger partial charge in [-0.1, -0.05) is 44.2 Å². The first-order valence-corrected chi connectivity index (χ1v) is 9.07. The number of piperidine rings is 1. The molecule has 0 aromatic heterocycles. The van der Waals surface area contributed by atoms with Gasteiger partial charge in [0.15, 0.2) is 0 Å². The third-order valence-electron chi connectivity index (χ3n) is 5.33. The molecule has 2 N–H and O–H groups in total. The quantitative estimate of drug-likeness (QED) is 0.846. The molecule has 0 saturated carbocycles. The molecule has 1 amide bonds. The summed E-state index contributed by atoms with van der Waals surface area (Å²) < 4.78 is 0. The van der Waals surface area contributed by atoms with Crippen molar-refractivity contribution >= 4 is 5.91 Å². The minimum atomic E-state index is 0.0875. The van der Waals surface area contributed by atoms with Gasteiger partial charge in [-0.15, -0.1) is 0 Å². The lowest BCUT2D eigenvalue weighted by Gasteiger charge is -2.29. The fourth-order valence-electron chi connectivity index (χ4n) is 4.22. The Balaban J connectivity index is 1.43. The number of hydrogen-bond acceptors (Lipinski definition) is 2. The number of carbonyl (C=O) groups excluding carboxylic acids is 1. The smallest absolute Gasteiger partial charge is 0.220 e. The highest BCUT2D eigenvalue weighted by Crippen LogP contribution is 2.32. The summed E-state index contributed by atoms with van der Waals surface area (Å²) in [5.74, 6) is 0.809. The van der Waals surface area contributed by atoms with Gasteiger partial charge in [-0.2, -0.15) is 0 Å². The van der Waals surface area contributed by atoms with Crippen molar-refractivity contribution in [2.75, 3.05) is 6.54 Å². The molecule has 2 fully saturated rings. The molecule has 2 saturated heterocycles. The normalized spacial score (nSPS) is 27.0. The molecule has 2 aliphatic rings. The molecule has 0 spiro atoms. The third-order valence-corrected chi connectivity index (χ3v) is 5.33. The maximum atomic E-state index is 12.3. The second kappa shape index (κ2) is 7.04. The molecule has 2 aliphatic heterocycles. The van der Waals surface area contributed by atoms with Crippen LogP contribution in [0.2, 0.25) is 0 Å². The van der Waals surface area contributed by atoms with E-state index in [2.05, 4.69) is 48.7 Å². The van der Waals surface area contributed by atoms with Crippen molar-refractivity contribution in [2.45, 2.75) is 64.5 Å². The molecule has 1 aromatic carbocycles. The summed E-state index contributed by atoms with van der Waals surface area (Å²) in [4.78, 5) is 12.3. The standard InChI is InChI=1S/C20H30N2O/c1-20(2,13-15-6-4-3-5-7-15)14-21-19(23)12-16-10-17-8-9-18(11-16)22-17/h3-7,16-18,22H,8-14H2,1-2H3,(H,21,23). The summed E-state index contributed by atoms with van der Waals surface area (Å²) in [6.45, 7) is 5.20. The van der Waals surface area contributed by atoms with Crippen molar-refractivity contribution in [3.8, 4) is 0 Å². The van der Waals surface area contributed by atoms with Crippen molar-refractivity contribution in [3.63, 3.8) is 0 Å². The predicted molar refractivity (Wildman–Crippen MR) is 94.2 cm³/mol. The molecule has 0 radical (unpaired) electrons. The first-order valence-electron chi connectivity index (χ1n) is 9.07. The highest BCUT2D eigenvalue weighted by Gasteiger charge is 2.34. The van der Waals surface area contributed by atoms with Gasteiger partial charge < -0.3 is 10.6 Å². The van der Waals surface area contributed by atoms with E-state index in [-0.39, 0.29) is 11.3 Å². The lowest BCUT2D eigenvalue weighted by Crippen LogP contribution is -2.41. The van der Waals surface area contributed by atoms with Crippen LogP contribution in [0.4, 0.5) is 0 Å². The molecule has 3 heteroatoms. The van der Waals surface area contributed by atoms with E-state index >= 15 is 0 Å². The second-order valence-electron chi connectivity index (χ2n) is 8.28. The minimum absolute atomic E-state index is 0.0875. The first kappa shape index (κ1) is 16.5. The van der Waals surface area contributed by atoms with Crippen molar-refractivity contribution < 1.29 is 4.79 Å². The topological polar surface area (TPSA) is 41.1 Å². The van der Waals surface area contributed by atoms with Gasteiger partial charge >= 0.3 is 0 Å². The Morgan fingerprint density at radius 3 is 2.48 bits per heavy atom. The second-order valence-corrected chi connectivity index (χ2v) is 8.28. The van der Waals surface area contributed by atoms with Gasteiger partial charge in [0, 0.05) is 25.0 Å². The molecular weight excluding hydrogens is 284 g/mol. The summed E-state index contributed by atoms with van der Waals surface area (Å²) in [5, 5.41) is 6.83. The van der Waals surface area contributed by atoms with Crippen LogP contribution in [0, 0.1) is 11.3 Å². The number of amides is 1. The van der Waals surface area contributed by atoms with E-state index in [4.69, 9.17) is 0 Å². The Morgan fingerprint density at radius 2 is 1.83 bits per heavy atom. The Hall–Kier alpha value is -1.35. The van der Waals surface area contributed by atoms with E-state index < -0.39 is 0 Å². The average Bonchev–Trinajstić information content (AvgIpc) is 2.85. The molecule has 2 bridgehead atoms. The number of nitrogens with one attached hydrogen (secondary N) is 2. The lowest BCUT2D eigenvalue weighted by molar-refractivity contribution is -0.122. The zero-order chi connectivity index (χ0) is 16.3. The number of hydrogen-bond donors (Lipinski definition) is 2. The van der Waals surface area contributed by atoms with Crippen LogP contribution in [0.25, 0.3) is 0 Å². The molecule has 126 valence electrons. The summed E-state index contributed by atoms with van der Waals surface area (Å²) in [6, 6.07) is 11.9. The van der Waals surface area contributed by atoms with Crippen LogP contribution < -0.4 is 10.6 Å². The molecular formula is C20H30N2O. The van der Waals surface area contributed by atoms with Crippen LogP contribution in [0.1, 0.15) is 51.5 Å². The van der Waals surface area contributed by atoms with E-state index in [1.807, 2.05) is 6.07 Å². The van der Waals surface area contributed by atoms with Gasteiger partial charge in [-0.05, 0) is 49.0 Å². The van der Waals surface area contributed by atoms with E-state index in [9.17, 15) is 4.79 Å². The van der Waals surface area contributed by atoms with Crippen LogP contribution in [-0.2, 0) is 11.2 Å². The van der Waals surface area contributed by atoms with E-state index in [1.165, 1.54) is 31.2 Å². The Morgan fingerprint density at radius 1 is 1.17 bits per heavy atom. The Kier molecular flexibility index (Phi) is 5.05. The van der Waals surface area contributed by atoms with Gasteiger partial charge in [0.2, 0.25) is 5.91 Å². The molecule has 2 heterocycles. The summed E-state index contributed by atoms with van der Waals surface area (Å²) in [5.41, 5.74) is 1.42. The van der Waals surface area contributed by atoms with Crippen molar-refractivity contribution in [1.29, 1.82) is 0 Å². The third kappa shape index (κ3) is 4.81. The number of benzene rings is 1. The Bertz CT molecular complexity index is 514.